The van der Waals surface area contributed by atoms with Crippen molar-refractivity contribution < 1.29 is 4.74 Å². The summed E-state index contributed by atoms with van der Waals surface area (Å²) in [5.74, 6) is 1.63. The van der Waals surface area contributed by atoms with E-state index in [2.05, 4.69) is 38.4 Å². The number of hydrogen-bond donors (Lipinski definition) is 1. The normalized spacial score (nSPS) is 10.3. The molecule has 3 nitrogen and oxygen atoms in total. The lowest BCUT2D eigenvalue weighted by atomic mass is 10.3. The molecule has 5 heteroatoms. The molecule has 0 bridgehead atoms. The molecule has 0 aliphatic carbocycles. The van der Waals surface area contributed by atoms with Crippen LogP contribution in [0.5, 0.6) is 5.75 Å². The molecule has 0 amide bonds. The monoisotopic (exact) mass is 326 g/mol. The number of halogens is 1. The first-order valence-corrected chi connectivity index (χ1v) is 7.46. The van der Waals surface area contributed by atoms with Crippen molar-refractivity contribution in [3.05, 3.63) is 39.1 Å². The van der Waals surface area contributed by atoms with Gasteiger partial charge in [-0.1, -0.05) is 0 Å². The van der Waals surface area contributed by atoms with Crippen molar-refractivity contribution in [2.24, 2.45) is 0 Å². The zero-order valence-corrected chi connectivity index (χ0v) is 12.6. The van der Waals surface area contributed by atoms with Gasteiger partial charge in [0.2, 0.25) is 0 Å². The van der Waals surface area contributed by atoms with Crippen molar-refractivity contribution in [1.29, 1.82) is 0 Å². The minimum atomic E-state index is 0.651. The second-order valence-corrected chi connectivity index (χ2v) is 6.21. The van der Waals surface area contributed by atoms with Gasteiger partial charge < -0.3 is 10.1 Å². The van der Waals surface area contributed by atoms with Gasteiger partial charge in [0.1, 0.15) is 0 Å². The number of aromatic nitrogens is 1. The van der Waals surface area contributed by atoms with Gasteiger partial charge in [0.05, 0.1) is 10.4 Å². The molecular weight excluding hydrogens is 312 g/mol. The van der Waals surface area contributed by atoms with Crippen molar-refractivity contribution >= 4 is 33.1 Å². The molecule has 2 aromatic rings. The number of rotatable bonds is 6. The molecule has 0 radical (unpaired) electrons. The third kappa shape index (κ3) is 3.71. The molecule has 0 spiro atoms. The number of anilines is 1. The SMILES string of the molecule is CCOc1cccnc1NCCc1ccc(Br)s1. The molecule has 0 atom stereocenters. The molecule has 96 valence electrons. The van der Waals surface area contributed by atoms with Crippen LogP contribution in [0.2, 0.25) is 0 Å². The van der Waals surface area contributed by atoms with Crippen molar-refractivity contribution in [1.82, 2.24) is 4.98 Å². The Morgan fingerprint density at radius 1 is 1.39 bits per heavy atom. The molecule has 2 rings (SSSR count). The second-order valence-electron chi connectivity index (χ2n) is 3.67. The summed E-state index contributed by atoms with van der Waals surface area (Å²) in [5, 5.41) is 3.31. The lowest BCUT2D eigenvalue weighted by molar-refractivity contribution is 0.340. The van der Waals surface area contributed by atoms with Crippen LogP contribution in [0.15, 0.2) is 34.2 Å². The molecule has 18 heavy (non-hydrogen) atoms. The zero-order valence-electron chi connectivity index (χ0n) is 10.1. The Morgan fingerprint density at radius 2 is 2.28 bits per heavy atom. The maximum Gasteiger partial charge on any atom is 0.168 e. The summed E-state index contributed by atoms with van der Waals surface area (Å²) < 4.78 is 6.69. The van der Waals surface area contributed by atoms with Crippen LogP contribution < -0.4 is 10.1 Å². The van der Waals surface area contributed by atoms with Crippen molar-refractivity contribution in [2.75, 3.05) is 18.5 Å². The Balaban J connectivity index is 1.89. The highest BCUT2D eigenvalue weighted by molar-refractivity contribution is 9.11. The van der Waals surface area contributed by atoms with E-state index in [1.54, 1.807) is 17.5 Å². The molecule has 0 saturated heterocycles. The molecule has 1 N–H and O–H groups in total. The van der Waals surface area contributed by atoms with E-state index in [9.17, 15) is 0 Å². The van der Waals surface area contributed by atoms with E-state index in [0.717, 1.165) is 24.5 Å². The van der Waals surface area contributed by atoms with Crippen molar-refractivity contribution in [3.63, 3.8) is 0 Å². The van der Waals surface area contributed by atoms with Gasteiger partial charge in [0.15, 0.2) is 11.6 Å². The Hall–Kier alpha value is -1.07. The molecule has 2 heterocycles. The van der Waals surface area contributed by atoms with Crippen LogP contribution >= 0.6 is 27.3 Å². The Kier molecular flexibility index (Phi) is 5.01. The number of hydrogen-bond acceptors (Lipinski definition) is 4. The summed E-state index contributed by atoms with van der Waals surface area (Å²) >= 11 is 5.23. The van der Waals surface area contributed by atoms with Crippen LogP contribution in [0, 0.1) is 0 Å². The third-order valence-electron chi connectivity index (χ3n) is 2.36. The predicted molar refractivity (Wildman–Crippen MR) is 79.6 cm³/mol. The van der Waals surface area contributed by atoms with Crippen LogP contribution in [0.4, 0.5) is 5.82 Å². The molecule has 0 saturated carbocycles. The van der Waals surface area contributed by atoms with Crippen LogP contribution in [-0.2, 0) is 6.42 Å². The summed E-state index contributed by atoms with van der Waals surface area (Å²) in [5.41, 5.74) is 0. The fraction of sp³-hybridized carbons (Fsp3) is 0.308. The highest BCUT2D eigenvalue weighted by Crippen LogP contribution is 2.23. The fourth-order valence-electron chi connectivity index (χ4n) is 1.59. The Morgan fingerprint density at radius 3 is 3.00 bits per heavy atom. The maximum atomic E-state index is 5.51. The largest absolute Gasteiger partial charge is 0.490 e. The van der Waals surface area contributed by atoms with E-state index in [1.165, 1.54) is 8.66 Å². The van der Waals surface area contributed by atoms with Crippen LogP contribution in [0.25, 0.3) is 0 Å². The topological polar surface area (TPSA) is 34.1 Å². The van der Waals surface area contributed by atoms with E-state index in [-0.39, 0.29) is 0 Å². The molecular formula is C13H15BrN2OS. The quantitative estimate of drug-likeness (QED) is 0.872. The van der Waals surface area contributed by atoms with Gasteiger partial charge in [-0.2, -0.15) is 0 Å². The van der Waals surface area contributed by atoms with Gasteiger partial charge in [0, 0.05) is 17.6 Å². The zero-order chi connectivity index (χ0) is 12.8. The molecule has 0 unspecified atom stereocenters. The fourth-order valence-corrected chi connectivity index (χ4v) is 3.07. The summed E-state index contributed by atoms with van der Waals surface area (Å²) in [6.45, 7) is 3.47. The van der Waals surface area contributed by atoms with Crippen LogP contribution in [-0.4, -0.2) is 18.1 Å². The van der Waals surface area contributed by atoms with E-state index < -0.39 is 0 Å². The average Bonchev–Trinajstić information content (AvgIpc) is 2.78. The minimum absolute atomic E-state index is 0.651. The lowest BCUT2D eigenvalue weighted by Gasteiger charge is -2.10. The van der Waals surface area contributed by atoms with Crippen LogP contribution in [0.1, 0.15) is 11.8 Å². The van der Waals surface area contributed by atoms with Crippen molar-refractivity contribution in [3.8, 4) is 5.75 Å². The molecule has 0 aromatic carbocycles. The number of nitrogens with one attached hydrogen (secondary N) is 1. The molecule has 0 fully saturated rings. The summed E-state index contributed by atoms with van der Waals surface area (Å²) in [7, 11) is 0. The van der Waals surface area contributed by atoms with Gasteiger partial charge in [-0.25, -0.2) is 4.98 Å². The molecule has 0 aliphatic rings. The van der Waals surface area contributed by atoms with Gasteiger partial charge in [0.25, 0.3) is 0 Å². The number of nitrogens with zero attached hydrogens (tertiary/aromatic N) is 1. The van der Waals surface area contributed by atoms with Gasteiger partial charge >= 0.3 is 0 Å². The second kappa shape index (κ2) is 6.75. The summed E-state index contributed by atoms with van der Waals surface area (Å²) in [6.07, 6.45) is 2.75. The summed E-state index contributed by atoms with van der Waals surface area (Å²) in [4.78, 5) is 5.64. The predicted octanol–water partition coefficient (Wildman–Crippen LogP) is 3.96. The molecule has 2 aromatic heterocycles. The average molecular weight is 327 g/mol. The van der Waals surface area contributed by atoms with Gasteiger partial charge in [-0.05, 0) is 53.5 Å². The van der Waals surface area contributed by atoms with E-state index in [1.807, 2.05) is 19.1 Å². The lowest BCUT2D eigenvalue weighted by Crippen LogP contribution is -2.07. The first kappa shape index (κ1) is 13.4. The van der Waals surface area contributed by atoms with Gasteiger partial charge in [-0.3, -0.25) is 0 Å². The minimum Gasteiger partial charge on any atom is -0.490 e. The molecule has 0 aliphatic heterocycles. The highest BCUT2D eigenvalue weighted by Gasteiger charge is 2.03. The van der Waals surface area contributed by atoms with Crippen molar-refractivity contribution in [2.45, 2.75) is 13.3 Å². The highest BCUT2D eigenvalue weighted by atomic mass is 79.9. The Bertz CT molecular complexity index is 501. The smallest absolute Gasteiger partial charge is 0.168 e. The standard InChI is InChI=1S/C13H15BrN2OS/c1-2-17-11-4-3-8-15-13(11)16-9-7-10-5-6-12(14)18-10/h3-6,8H,2,7,9H2,1H3,(H,15,16). The number of thiophene rings is 1. The first-order valence-electron chi connectivity index (χ1n) is 5.85. The maximum absolute atomic E-state index is 5.51. The number of ether oxygens (including phenoxy) is 1. The van der Waals surface area contributed by atoms with E-state index in [4.69, 9.17) is 4.74 Å². The van der Waals surface area contributed by atoms with Gasteiger partial charge in [-0.15, -0.1) is 11.3 Å². The van der Waals surface area contributed by atoms with E-state index in [0.29, 0.717) is 6.61 Å². The van der Waals surface area contributed by atoms with E-state index >= 15 is 0 Å². The Labute approximate surface area is 119 Å². The first-order chi connectivity index (χ1) is 8.79. The number of pyridine rings is 1. The summed E-state index contributed by atoms with van der Waals surface area (Å²) in [6, 6.07) is 8.03. The third-order valence-corrected chi connectivity index (χ3v) is 4.05. The van der Waals surface area contributed by atoms with Crippen LogP contribution in [0.3, 0.4) is 0 Å².